The van der Waals surface area contributed by atoms with Gasteiger partial charge in [0.1, 0.15) is 10.8 Å². The molecule has 6 nitrogen and oxygen atoms in total. The van der Waals surface area contributed by atoms with Crippen molar-refractivity contribution < 1.29 is 9.53 Å². The van der Waals surface area contributed by atoms with Crippen molar-refractivity contribution in [3.8, 4) is 5.75 Å². The molecule has 0 spiro atoms. The summed E-state index contributed by atoms with van der Waals surface area (Å²) in [4.78, 5) is 16.9. The zero-order chi connectivity index (χ0) is 19.3. The van der Waals surface area contributed by atoms with Crippen LogP contribution in [0.3, 0.4) is 0 Å². The van der Waals surface area contributed by atoms with Crippen LogP contribution in [0.5, 0.6) is 5.75 Å². The van der Waals surface area contributed by atoms with E-state index in [4.69, 9.17) is 4.74 Å². The molecule has 2 aromatic carbocycles. The Kier molecular flexibility index (Phi) is 5.62. The van der Waals surface area contributed by atoms with E-state index in [0.717, 1.165) is 53.4 Å². The molecule has 0 aliphatic carbocycles. The number of ether oxygens (including phenoxy) is 1. The molecule has 28 heavy (non-hydrogen) atoms. The monoisotopic (exact) mass is 394 g/mol. The van der Waals surface area contributed by atoms with Crippen molar-refractivity contribution in [3.05, 3.63) is 54.7 Å². The number of methoxy groups -OCH3 is 1. The molecule has 3 aromatic rings. The summed E-state index contributed by atoms with van der Waals surface area (Å²) in [6.45, 7) is 3.12. The van der Waals surface area contributed by atoms with Gasteiger partial charge < -0.3 is 14.5 Å². The first-order valence-electron chi connectivity index (χ1n) is 9.24. The third-order valence-corrected chi connectivity index (χ3v) is 5.91. The fraction of sp³-hybridized carbons (Fsp3) is 0.286. The van der Waals surface area contributed by atoms with E-state index in [1.54, 1.807) is 13.3 Å². The summed E-state index contributed by atoms with van der Waals surface area (Å²) in [5.74, 6) is 1.38. The molecular formula is C21H22N4O2S. The molecule has 0 unspecified atom stereocenters. The molecule has 2 heterocycles. The van der Waals surface area contributed by atoms with Crippen molar-refractivity contribution >= 4 is 34.1 Å². The number of hydrogen-bond acceptors (Lipinski definition) is 6. The Morgan fingerprint density at radius 2 is 1.82 bits per heavy atom. The third-order valence-electron chi connectivity index (χ3n) is 4.94. The minimum Gasteiger partial charge on any atom is -0.497 e. The lowest BCUT2D eigenvalue weighted by Crippen LogP contribution is -2.49. The van der Waals surface area contributed by atoms with Gasteiger partial charge in [-0.15, -0.1) is 5.10 Å². The highest BCUT2D eigenvalue weighted by Gasteiger charge is 2.21. The normalized spacial score (nSPS) is 14.3. The van der Waals surface area contributed by atoms with E-state index < -0.39 is 0 Å². The van der Waals surface area contributed by atoms with Crippen LogP contribution in [0.25, 0.3) is 10.8 Å². The fourth-order valence-corrected chi connectivity index (χ4v) is 4.23. The maximum atomic E-state index is 12.7. The standard InChI is InChI=1S/C21H22N4O2S/c1-27-18-8-6-17(7-9-18)24-10-12-25(13-11-24)20(26)15-28-21-19-5-3-2-4-16(19)14-22-23-21/h2-9,14H,10-13,15H2,1H3. The quantitative estimate of drug-likeness (QED) is 0.620. The average molecular weight is 395 g/mol. The molecule has 4 rings (SSSR count). The lowest BCUT2D eigenvalue weighted by atomic mass is 10.2. The second-order valence-corrected chi connectivity index (χ2v) is 7.56. The molecule has 0 radical (unpaired) electrons. The van der Waals surface area contributed by atoms with Crippen LogP contribution < -0.4 is 9.64 Å². The Morgan fingerprint density at radius 3 is 2.57 bits per heavy atom. The molecule has 1 amide bonds. The van der Waals surface area contributed by atoms with Crippen molar-refractivity contribution in [1.82, 2.24) is 15.1 Å². The van der Waals surface area contributed by atoms with Crippen LogP contribution in [0.1, 0.15) is 0 Å². The lowest BCUT2D eigenvalue weighted by Gasteiger charge is -2.36. The van der Waals surface area contributed by atoms with Crippen LogP contribution in [-0.4, -0.2) is 60.0 Å². The van der Waals surface area contributed by atoms with Crippen molar-refractivity contribution in [1.29, 1.82) is 0 Å². The first kappa shape index (κ1) is 18.6. The topological polar surface area (TPSA) is 58.6 Å². The molecule has 0 bridgehead atoms. The van der Waals surface area contributed by atoms with Crippen molar-refractivity contribution in [2.75, 3.05) is 43.9 Å². The lowest BCUT2D eigenvalue weighted by molar-refractivity contribution is -0.128. The molecule has 7 heteroatoms. The molecule has 144 valence electrons. The number of rotatable bonds is 5. The smallest absolute Gasteiger partial charge is 0.233 e. The van der Waals surface area contributed by atoms with Crippen LogP contribution in [0.4, 0.5) is 5.69 Å². The third kappa shape index (κ3) is 4.04. The highest BCUT2D eigenvalue weighted by molar-refractivity contribution is 8.00. The van der Waals surface area contributed by atoms with Gasteiger partial charge in [-0.3, -0.25) is 4.79 Å². The summed E-state index contributed by atoms with van der Waals surface area (Å²) in [6.07, 6.45) is 1.75. The van der Waals surface area contributed by atoms with E-state index in [9.17, 15) is 4.79 Å². The number of carbonyl (C=O) groups excluding carboxylic acids is 1. The molecule has 1 aliphatic heterocycles. The van der Waals surface area contributed by atoms with Crippen LogP contribution in [0.15, 0.2) is 59.8 Å². The van der Waals surface area contributed by atoms with Gasteiger partial charge in [0.15, 0.2) is 0 Å². The summed E-state index contributed by atoms with van der Waals surface area (Å²) in [5.41, 5.74) is 1.16. The highest BCUT2D eigenvalue weighted by atomic mass is 32.2. The number of hydrogen-bond donors (Lipinski definition) is 0. The van der Waals surface area contributed by atoms with E-state index in [0.29, 0.717) is 5.75 Å². The predicted molar refractivity (Wildman–Crippen MR) is 112 cm³/mol. The number of anilines is 1. The molecule has 0 atom stereocenters. The Hall–Kier alpha value is -2.80. The van der Waals surface area contributed by atoms with Gasteiger partial charge in [-0.25, -0.2) is 0 Å². The molecule has 1 saturated heterocycles. The predicted octanol–water partition coefficient (Wildman–Crippen LogP) is 3.08. The second-order valence-electron chi connectivity index (χ2n) is 6.59. The zero-order valence-corrected chi connectivity index (χ0v) is 16.6. The summed E-state index contributed by atoms with van der Waals surface area (Å²) in [5, 5.41) is 11.2. The summed E-state index contributed by atoms with van der Waals surface area (Å²) in [6, 6.07) is 16.0. The van der Waals surface area contributed by atoms with Gasteiger partial charge in [0.25, 0.3) is 0 Å². The number of aromatic nitrogens is 2. The molecule has 1 fully saturated rings. The minimum absolute atomic E-state index is 0.147. The van der Waals surface area contributed by atoms with E-state index in [2.05, 4.69) is 27.2 Å². The van der Waals surface area contributed by atoms with Gasteiger partial charge in [0.05, 0.1) is 19.1 Å². The van der Waals surface area contributed by atoms with Crippen LogP contribution in [0, 0.1) is 0 Å². The highest BCUT2D eigenvalue weighted by Crippen LogP contribution is 2.25. The number of fused-ring (bicyclic) bond motifs is 1. The van der Waals surface area contributed by atoms with Gasteiger partial charge in [0, 0.05) is 42.6 Å². The molecule has 1 aliphatic rings. The van der Waals surface area contributed by atoms with Crippen molar-refractivity contribution in [3.63, 3.8) is 0 Å². The summed E-state index contributed by atoms with van der Waals surface area (Å²) >= 11 is 1.46. The Bertz CT molecular complexity index is 951. The number of amides is 1. The number of piperazine rings is 1. The van der Waals surface area contributed by atoms with Gasteiger partial charge in [-0.1, -0.05) is 36.0 Å². The van der Waals surface area contributed by atoms with Gasteiger partial charge in [-0.2, -0.15) is 5.10 Å². The maximum Gasteiger partial charge on any atom is 0.233 e. The average Bonchev–Trinajstić information content (AvgIpc) is 2.77. The number of carbonyl (C=O) groups is 1. The zero-order valence-electron chi connectivity index (χ0n) is 15.7. The number of thioether (sulfide) groups is 1. The first-order chi connectivity index (χ1) is 13.7. The van der Waals surface area contributed by atoms with Crippen molar-refractivity contribution in [2.24, 2.45) is 0 Å². The Labute approximate surface area is 168 Å². The SMILES string of the molecule is COc1ccc(N2CCN(C(=O)CSc3nncc4ccccc34)CC2)cc1. The van der Waals surface area contributed by atoms with Gasteiger partial charge in [0.2, 0.25) is 5.91 Å². The maximum absolute atomic E-state index is 12.7. The van der Waals surface area contributed by atoms with Gasteiger partial charge in [-0.05, 0) is 24.3 Å². The summed E-state index contributed by atoms with van der Waals surface area (Å²) in [7, 11) is 1.67. The van der Waals surface area contributed by atoms with Crippen LogP contribution in [0.2, 0.25) is 0 Å². The van der Waals surface area contributed by atoms with E-state index in [1.807, 2.05) is 41.3 Å². The number of nitrogens with zero attached hydrogens (tertiary/aromatic N) is 4. The van der Waals surface area contributed by atoms with E-state index in [-0.39, 0.29) is 5.91 Å². The van der Waals surface area contributed by atoms with Crippen molar-refractivity contribution in [2.45, 2.75) is 5.03 Å². The van der Waals surface area contributed by atoms with Gasteiger partial charge >= 0.3 is 0 Å². The fourth-order valence-electron chi connectivity index (χ4n) is 3.34. The number of benzene rings is 2. The second kappa shape index (κ2) is 8.48. The van der Waals surface area contributed by atoms with Crippen LogP contribution in [-0.2, 0) is 4.79 Å². The Balaban J connectivity index is 1.32. The molecule has 0 N–H and O–H groups in total. The summed E-state index contributed by atoms with van der Waals surface area (Å²) < 4.78 is 5.21. The first-order valence-corrected chi connectivity index (χ1v) is 10.2. The van der Waals surface area contributed by atoms with E-state index >= 15 is 0 Å². The minimum atomic E-state index is 0.147. The van der Waals surface area contributed by atoms with Crippen LogP contribution >= 0.6 is 11.8 Å². The molecule has 0 saturated carbocycles. The molecule has 1 aromatic heterocycles. The largest absolute Gasteiger partial charge is 0.497 e. The van der Waals surface area contributed by atoms with E-state index in [1.165, 1.54) is 11.8 Å². The molecular weight excluding hydrogens is 372 g/mol. The Morgan fingerprint density at radius 1 is 1.07 bits per heavy atom.